The molecule has 1 aromatic carbocycles. The Hall–Kier alpha value is -1.91. The number of carbonyl (C=O) groups excluding carboxylic acids is 1. The average molecular weight is 387 g/mol. The Morgan fingerprint density at radius 3 is 2.36 bits per heavy atom. The highest BCUT2D eigenvalue weighted by molar-refractivity contribution is 5.74. The first-order valence-corrected chi connectivity index (χ1v) is 9.96. The van der Waals surface area contributed by atoms with Gasteiger partial charge in [-0.3, -0.25) is 0 Å². The second-order valence-corrected chi connectivity index (χ2v) is 8.36. The standard InChI is InChI=1S/C24H34O4/c1-7-28-16-18-13-21(26-5)23(22(14-18)27-6)19-10-8-17(9-11-19)12-20(15-25)24(2,3)4/h8-11,13,15,20,22H,7,12,14,16H2,1-6H3. The van der Waals surface area contributed by atoms with Crippen molar-refractivity contribution in [2.45, 2.75) is 46.6 Å². The van der Waals surface area contributed by atoms with E-state index in [4.69, 9.17) is 14.2 Å². The number of hydrogen-bond donors (Lipinski definition) is 0. The van der Waals surface area contributed by atoms with Gasteiger partial charge in [-0.05, 0) is 41.5 Å². The summed E-state index contributed by atoms with van der Waals surface area (Å²) in [6.07, 6.45) is 4.61. The lowest BCUT2D eigenvalue weighted by Crippen LogP contribution is -2.24. The molecule has 0 spiro atoms. The third-order valence-electron chi connectivity index (χ3n) is 5.36. The first-order chi connectivity index (χ1) is 13.3. The van der Waals surface area contributed by atoms with Crippen LogP contribution >= 0.6 is 0 Å². The van der Waals surface area contributed by atoms with Crippen LogP contribution in [0.5, 0.6) is 0 Å². The number of methoxy groups -OCH3 is 2. The molecular weight excluding hydrogens is 352 g/mol. The molecule has 0 radical (unpaired) electrons. The van der Waals surface area contributed by atoms with E-state index in [1.807, 2.05) is 6.92 Å². The fourth-order valence-electron chi connectivity index (χ4n) is 3.49. The summed E-state index contributed by atoms with van der Waals surface area (Å²) >= 11 is 0. The van der Waals surface area contributed by atoms with Crippen molar-refractivity contribution in [1.82, 2.24) is 0 Å². The van der Waals surface area contributed by atoms with Crippen molar-refractivity contribution in [3.8, 4) is 0 Å². The van der Waals surface area contributed by atoms with Gasteiger partial charge in [-0.15, -0.1) is 0 Å². The van der Waals surface area contributed by atoms with Crippen LogP contribution in [0.3, 0.4) is 0 Å². The summed E-state index contributed by atoms with van der Waals surface area (Å²) in [6.45, 7) is 9.58. The SMILES string of the molecule is CCOCC1=CC(OC)=C(c2ccc(CC(C=O)C(C)(C)C)cc2)C(OC)C1. The molecule has 1 aliphatic carbocycles. The highest BCUT2D eigenvalue weighted by Gasteiger charge is 2.27. The molecule has 2 atom stereocenters. The summed E-state index contributed by atoms with van der Waals surface area (Å²) in [6, 6.07) is 8.40. The summed E-state index contributed by atoms with van der Waals surface area (Å²) in [4.78, 5) is 11.5. The van der Waals surface area contributed by atoms with E-state index >= 15 is 0 Å². The number of hydrogen-bond acceptors (Lipinski definition) is 4. The van der Waals surface area contributed by atoms with Crippen LogP contribution in [-0.2, 0) is 25.4 Å². The zero-order valence-electron chi connectivity index (χ0n) is 18.1. The average Bonchev–Trinajstić information content (AvgIpc) is 2.69. The number of allylic oxidation sites excluding steroid dienone is 1. The van der Waals surface area contributed by atoms with Gasteiger partial charge in [0.2, 0.25) is 0 Å². The quantitative estimate of drug-likeness (QED) is 0.570. The Kier molecular flexibility index (Phi) is 8.02. The lowest BCUT2D eigenvalue weighted by atomic mass is 9.78. The van der Waals surface area contributed by atoms with Crippen molar-refractivity contribution in [1.29, 1.82) is 0 Å². The Bertz CT molecular complexity index is 707. The monoisotopic (exact) mass is 386 g/mol. The summed E-state index contributed by atoms with van der Waals surface area (Å²) < 4.78 is 17.0. The molecule has 4 heteroatoms. The van der Waals surface area contributed by atoms with E-state index in [9.17, 15) is 4.79 Å². The Morgan fingerprint density at radius 2 is 1.86 bits per heavy atom. The minimum Gasteiger partial charge on any atom is -0.496 e. The molecule has 0 aromatic heterocycles. The number of benzene rings is 1. The predicted octanol–water partition coefficient (Wildman–Crippen LogP) is 4.83. The Labute approximate surface area is 169 Å². The molecule has 0 fully saturated rings. The van der Waals surface area contributed by atoms with Crippen molar-refractivity contribution < 1.29 is 19.0 Å². The lowest BCUT2D eigenvalue weighted by molar-refractivity contribution is -0.113. The molecule has 154 valence electrons. The fraction of sp³-hybridized carbons (Fsp3) is 0.542. The van der Waals surface area contributed by atoms with Crippen molar-refractivity contribution in [2.75, 3.05) is 27.4 Å². The summed E-state index contributed by atoms with van der Waals surface area (Å²) in [5, 5.41) is 0. The molecular formula is C24H34O4. The third-order valence-corrected chi connectivity index (χ3v) is 5.36. The molecule has 0 saturated heterocycles. The first kappa shape index (κ1) is 22.4. The molecule has 0 N–H and O–H groups in total. The molecule has 2 unspecified atom stereocenters. The van der Waals surface area contributed by atoms with E-state index in [0.717, 1.165) is 41.6 Å². The Balaban J connectivity index is 2.30. The first-order valence-electron chi connectivity index (χ1n) is 9.96. The third kappa shape index (κ3) is 5.55. The van der Waals surface area contributed by atoms with Gasteiger partial charge in [0.05, 0.1) is 19.8 Å². The molecule has 0 saturated carbocycles. The van der Waals surface area contributed by atoms with Crippen molar-refractivity contribution in [3.05, 3.63) is 52.8 Å². The maximum Gasteiger partial charge on any atom is 0.125 e. The summed E-state index contributed by atoms with van der Waals surface area (Å²) in [7, 11) is 3.42. The number of carbonyl (C=O) groups is 1. The van der Waals surface area contributed by atoms with E-state index in [1.165, 1.54) is 5.57 Å². The summed E-state index contributed by atoms with van der Waals surface area (Å²) in [5.74, 6) is 0.818. The Morgan fingerprint density at radius 1 is 1.18 bits per heavy atom. The van der Waals surface area contributed by atoms with Crippen LogP contribution in [0.1, 0.15) is 45.2 Å². The van der Waals surface area contributed by atoms with Crippen molar-refractivity contribution in [2.24, 2.45) is 11.3 Å². The van der Waals surface area contributed by atoms with Gasteiger partial charge in [0.15, 0.2) is 0 Å². The second-order valence-electron chi connectivity index (χ2n) is 8.36. The molecule has 28 heavy (non-hydrogen) atoms. The van der Waals surface area contributed by atoms with Gasteiger partial charge in [-0.1, -0.05) is 45.0 Å². The molecule has 0 amide bonds. The number of aldehydes is 1. The van der Waals surface area contributed by atoms with E-state index < -0.39 is 0 Å². The van der Waals surface area contributed by atoms with Crippen LogP contribution in [0.25, 0.3) is 5.57 Å². The van der Waals surface area contributed by atoms with Gasteiger partial charge in [-0.2, -0.15) is 0 Å². The predicted molar refractivity (Wildman–Crippen MR) is 113 cm³/mol. The van der Waals surface area contributed by atoms with Gasteiger partial charge in [0, 0.05) is 31.6 Å². The molecule has 0 heterocycles. The van der Waals surface area contributed by atoms with Crippen LogP contribution in [-0.4, -0.2) is 39.8 Å². The van der Waals surface area contributed by atoms with E-state index in [1.54, 1.807) is 14.2 Å². The van der Waals surface area contributed by atoms with Gasteiger partial charge in [-0.25, -0.2) is 0 Å². The van der Waals surface area contributed by atoms with Crippen molar-refractivity contribution >= 4 is 11.9 Å². The van der Waals surface area contributed by atoms with E-state index in [2.05, 4.69) is 51.1 Å². The second kappa shape index (κ2) is 10.0. The van der Waals surface area contributed by atoms with E-state index in [-0.39, 0.29) is 17.4 Å². The smallest absolute Gasteiger partial charge is 0.125 e. The topological polar surface area (TPSA) is 44.8 Å². The fourth-order valence-corrected chi connectivity index (χ4v) is 3.49. The molecule has 2 rings (SSSR count). The maximum atomic E-state index is 11.5. The van der Waals surface area contributed by atoms with Crippen LogP contribution in [0.2, 0.25) is 0 Å². The highest BCUT2D eigenvalue weighted by atomic mass is 16.5. The van der Waals surface area contributed by atoms with Crippen LogP contribution in [0.15, 0.2) is 41.7 Å². The van der Waals surface area contributed by atoms with Gasteiger partial charge < -0.3 is 19.0 Å². The molecule has 0 aliphatic heterocycles. The van der Waals surface area contributed by atoms with Gasteiger partial charge >= 0.3 is 0 Å². The van der Waals surface area contributed by atoms with Gasteiger partial charge in [0.25, 0.3) is 0 Å². The summed E-state index contributed by atoms with van der Waals surface area (Å²) in [5.41, 5.74) is 4.42. The van der Waals surface area contributed by atoms with Crippen molar-refractivity contribution in [3.63, 3.8) is 0 Å². The highest BCUT2D eigenvalue weighted by Crippen LogP contribution is 2.35. The van der Waals surface area contributed by atoms with Crippen LogP contribution in [0.4, 0.5) is 0 Å². The zero-order chi connectivity index (χ0) is 20.7. The minimum atomic E-state index is -0.0708. The molecule has 0 bridgehead atoms. The van der Waals surface area contributed by atoms with Gasteiger partial charge in [0.1, 0.15) is 12.0 Å². The molecule has 4 nitrogen and oxygen atoms in total. The van der Waals surface area contributed by atoms with Crippen LogP contribution in [0, 0.1) is 11.3 Å². The number of rotatable bonds is 9. The maximum absolute atomic E-state index is 11.5. The van der Waals surface area contributed by atoms with Crippen LogP contribution < -0.4 is 0 Å². The lowest BCUT2D eigenvalue weighted by Gasteiger charge is -2.28. The zero-order valence-corrected chi connectivity index (χ0v) is 18.1. The molecule has 1 aromatic rings. The number of ether oxygens (including phenoxy) is 3. The minimum absolute atomic E-state index is 0.00226. The normalized spacial score (nSPS) is 18.6. The molecule has 1 aliphatic rings. The largest absolute Gasteiger partial charge is 0.496 e. The van der Waals surface area contributed by atoms with E-state index in [0.29, 0.717) is 13.2 Å².